The molecule has 8 unspecified atom stereocenters. The molecule has 12 fully saturated rings. The van der Waals surface area contributed by atoms with Crippen LogP contribution in [-0.2, 0) is 37.9 Å². The average molecular weight is 1350 g/mol. The summed E-state index contributed by atoms with van der Waals surface area (Å²) >= 11 is 2.04. The first kappa shape index (κ1) is 88.6. The smallest absolute Gasteiger partial charge is 0.0989 e. The van der Waals surface area contributed by atoms with E-state index in [1.165, 1.54) is 149 Å². The van der Waals surface area contributed by atoms with E-state index in [-0.39, 0.29) is 5.54 Å². The summed E-state index contributed by atoms with van der Waals surface area (Å²) in [7, 11) is 43.6. The Labute approximate surface area is 579 Å². The van der Waals surface area contributed by atoms with Crippen LogP contribution in [0.15, 0.2) is 0 Å². The highest BCUT2D eigenvalue weighted by molar-refractivity contribution is 7.99. The van der Waals surface area contributed by atoms with Crippen molar-refractivity contribution in [1.29, 1.82) is 0 Å². The van der Waals surface area contributed by atoms with Gasteiger partial charge in [0.15, 0.2) is 0 Å². The lowest BCUT2D eigenvalue weighted by atomic mass is 9.98. The van der Waals surface area contributed by atoms with E-state index in [2.05, 4.69) is 159 Å². The molecular formula is C72H154N12O8S. The molecular weight excluding hydrogens is 1190 g/mol. The number of hydrogen-bond donors (Lipinski definition) is 12. The van der Waals surface area contributed by atoms with Gasteiger partial charge in [-0.25, -0.2) is 0 Å². The molecule has 0 amide bonds. The number of piperidine rings is 1. The van der Waals surface area contributed by atoms with Gasteiger partial charge in [-0.3, -0.25) is 0 Å². The molecule has 0 radical (unpaired) electrons. The first-order chi connectivity index (χ1) is 44.3. The number of thioether (sulfide) groups is 1. The second kappa shape index (κ2) is 52.5. The fourth-order valence-corrected chi connectivity index (χ4v) is 12.9. The summed E-state index contributed by atoms with van der Waals surface area (Å²) in [6.07, 6.45) is 11.0. The van der Waals surface area contributed by atoms with Crippen molar-refractivity contribution in [3.05, 3.63) is 77.5 Å². The number of quaternary nitrogens is 11. The average Bonchev–Trinajstić information content (AvgIpc) is 1.89. The van der Waals surface area contributed by atoms with Gasteiger partial charge in [0.25, 0.3) is 0 Å². The van der Waals surface area contributed by atoms with Crippen molar-refractivity contribution < 1.29 is 91.8 Å². The minimum Gasteiger partial charge on any atom is -0.466 e. The third-order valence-electron chi connectivity index (χ3n) is 20.3. The van der Waals surface area contributed by atoms with Crippen molar-refractivity contribution in [2.24, 2.45) is 0 Å². The van der Waals surface area contributed by atoms with E-state index in [1.807, 2.05) is 11.8 Å². The molecule has 12 saturated heterocycles. The fraction of sp³-hybridized carbons (Fsp3) is 0.847. The van der Waals surface area contributed by atoms with Gasteiger partial charge in [0.1, 0.15) is 0 Å². The van der Waals surface area contributed by atoms with Crippen LogP contribution < -0.4 is 59.2 Å². The Morgan fingerprint density at radius 1 is 0.387 bits per heavy atom. The van der Waals surface area contributed by atoms with Crippen LogP contribution in [0.2, 0.25) is 0 Å². The Balaban J connectivity index is 0.000000349. The molecule has 12 heterocycles. The topological polar surface area (TPSA) is 135 Å². The number of hydrogen-bond acceptors (Lipinski definition) is 10. The predicted octanol–water partition coefficient (Wildman–Crippen LogP) is -6.96. The number of ether oxygens (including phenoxy) is 8. The molecule has 21 heteroatoms. The van der Waals surface area contributed by atoms with Crippen LogP contribution in [0.1, 0.15) is 128 Å². The van der Waals surface area contributed by atoms with Crippen molar-refractivity contribution in [2.75, 3.05) is 196 Å². The molecule has 2 bridgehead atoms. The van der Waals surface area contributed by atoms with Crippen LogP contribution in [0.25, 0.3) is 0 Å². The van der Waals surface area contributed by atoms with Crippen molar-refractivity contribution in [3.8, 4) is 0 Å². The van der Waals surface area contributed by atoms with Gasteiger partial charge >= 0.3 is 0 Å². The van der Waals surface area contributed by atoms with E-state index in [1.54, 1.807) is 0 Å². The van der Waals surface area contributed by atoms with E-state index in [0.717, 1.165) is 158 Å². The summed E-state index contributed by atoms with van der Waals surface area (Å²) in [5, 5.41) is 3.25. The lowest BCUT2D eigenvalue weighted by Gasteiger charge is -2.41. The number of unbranched alkanes of at least 4 members (excludes halogenated alkanes) is 1. The maximum absolute atomic E-state index is 5.37. The van der Waals surface area contributed by atoms with Crippen LogP contribution in [0, 0.1) is 77.5 Å². The van der Waals surface area contributed by atoms with Gasteiger partial charge in [0, 0.05) is 37.4 Å². The maximum atomic E-state index is 5.37. The first-order valence-corrected chi connectivity index (χ1v) is 37.8. The molecule has 12 N–H and O–H groups in total. The summed E-state index contributed by atoms with van der Waals surface area (Å²) in [6, 6.07) is 6.86. The van der Waals surface area contributed by atoms with E-state index in [0.29, 0.717) is 60.4 Å². The molecule has 0 aromatic rings. The van der Waals surface area contributed by atoms with Gasteiger partial charge in [-0.05, 0) is 101 Å². The highest BCUT2D eigenvalue weighted by Crippen LogP contribution is 2.12. The Morgan fingerprint density at radius 2 is 0.774 bits per heavy atom. The molecule has 556 valence electrons. The molecule has 16 atom stereocenters. The third kappa shape index (κ3) is 40.0. The summed E-state index contributed by atoms with van der Waals surface area (Å²) in [6.45, 7) is 51.7. The molecule has 12 aliphatic heterocycles. The molecule has 20 nitrogen and oxygen atoms in total. The SMILES string of the molecule is [CH2-][NH+]1C2CCC1COC2.[CH2-][NH+]1CCCCC1CCCC.[CH2-][NH+]1CCNCC1.[CH2-][NH+]1CCOCC1.[CH2-][NH+]1CCOCC1(C)C.[CH2-][NH+]1CCOC[C@@H]1C.[CH2-][NH+]1CCOC[C@H]1C.[CH2-][NH+]1CCSCC1.[CH2-][NH+]1[C@@H](C)COC[C@@H]1C.[CH2-][NH+]1[C@H](C)COC[C@@H]1C.[CH2-][NH+]1[C@H](C)COC[C@H]1C. The second-order valence-corrected chi connectivity index (χ2v) is 30.6. The van der Waals surface area contributed by atoms with E-state index >= 15 is 0 Å². The largest absolute Gasteiger partial charge is 0.466 e. The number of rotatable bonds is 3. The van der Waals surface area contributed by atoms with Gasteiger partial charge in [-0.1, -0.05) is 13.3 Å². The molecule has 0 spiro atoms. The quantitative estimate of drug-likeness (QED) is 0.124. The number of piperazine rings is 1. The Kier molecular flexibility index (Phi) is 50.1. The van der Waals surface area contributed by atoms with Crippen LogP contribution in [0.3, 0.4) is 0 Å². The van der Waals surface area contributed by atoms with Crippen LogP contribution in [0.5, 0.6) is 0 Å². The van der Waals surface area contributed by atoms with Crippen molar-refractivity contribution >= 4 is 11.8 Å². The third-order valence-corrected chi connectivity index (χ3v) is 21.3. The number of morpholine rings is 8. The Bertz CT molecular complexity index is 1550. The monoisotopic (exact) mass is 1350 g/mol. The first-order valence-electron chi connectivity index (χ1n) is 36.6. The van der Waals surface area contributed by atoms with Gasteiger partial charge in [-0.2, -0.15) is 89.3 Å². The zero-order valence-corrected chi connectivity index (χ0v) is 63.0. The predicted molar refractivity (Wildman–Crippen MR) is 379 cm³/mol. The lowest BCUT2D eigenvalue weighted by Crippen LogP contribution is -3.17. The molecule has 12 rings (SSSR count). The molecule has 0 aromatic heterocycles. The van der Waals surface area contributed by atoms with Crippen LogP contribution in [-0.4, -0.2) is 268 Å². The standard InChI is InChI=1S/C10H21N.C7H13NO.4C7H15NO.2C6H13NO.C5H12N2.C5H11NO.C5H11NS/c1-3-4-7-10-8-5-6-9-11(10)2;1-8-6-2-3-7(8)5-9-4-6;3*1-6-4-9-5-7(2)8(6)3;1-7(2)6-9-5-4-8(7)3;2*1-6-5-8-4-3-7(6)2;1-7-4-2-6-3-5-7;2*1-6-2-4-7-5-3-6/h10-11H,2-9H2,1H3;6-8H,1-5H2;3*6-8H,3-5H2,1-2H3;8H,3-6H2,1-2H3;2*6-7H,2-5H2,1H3;6-7H,1-5H2;2*6H,1-5H2/t;;6-,7+;2*6-,7-;;2*6-;;;/m...10.10.../s1. The zero-order valence-electron chi connectivity index (χ0n) is 62.2. The Morgan fingerprint density at radius 3 is 1.05 bits per heavy atom. The Hall–Kier alpha value is -0.450. The normalized spacial score (nSPS) is 36.4. The molecule has 0 aliphatic carbocycles. The summed E-state index contributed by atoms with van der Waals surface area (Å²) in [4.78, 5) is 15.2. The van der Waals surface area contributed by atoms with E-state index in [4.69, 9.17) is 37.9 Å². The molecule has 0 saturated carbocycles. The van der Waals surface area contributed by atoms with E-state index in [9.17, 15) is 0 Å². The van der Waals surface area contributed by atoms with Crippen LogP contribution >= 0.6 is 11.8 Å². The fourth-order valence-electron chi connectivity index (χ4n) is 11.9. The molecule has 0 aromatic carbocycles. The van der Waals surface area contributed by atoms with Gasteiger partial charge < -0.3 is 97.1 Å². The van der Waals surface area contributed by atoms with E-state index < -0.39 is 0 Å². The number of likely N-dealkylation sites (tertiary alicyclic amines) is 1. The van der Waals surface area contributed by atoms with Crippen molar-refractivity contribution in [2.45, 2.75) is 200 Å². The highest BCUT2D eigenvalue weighted by Gasteiger charge is 2.35. The van der Waals surface area contributed by atoms with Crippen LogP contribution in [0.4, 0.5) is 0 Å². The zero-order chi connectivity index (χ0) is 69.1. The summed E-state index contributed by atoms with van der Waals surface area (Å²) < 4.78 is 42.0. The molecule has 12 aliphatic rings. The minimum absolute atomic E-state index is 0.220. The minimum atomic E-state index is 0.220. The highest BCUT2D eigenvalue weighted by atomic mass is 32.2. The number of nitrogens with one attached hydrogen (secondary N) is 12. The maximum Gasteiger partial charge on any atom is 0.0989 e. The second-order valence-electron chi connectivity index (χ2n) is 29.4. The summed E-state index contributed by atoms with van der Waals surface area (Å²) in [5.74, 6) is 2.61. The van der Waals surface area contributed by atoms with Gasteiger partial charge in [-0.15, -0.1) is 0 Å². The molecule has 93 heavy (non-hydrogen) atoms. The number of fused-ring (bicyclic) bond motifs is 2. The van der Waals surface area contributed by atoms with Crippen molar-refractivity contribution in [3.63, 3.8) is 0 Å². The van der Waals surface area contributed by atoms with Gasteiger partial charge in [0.2, 0.25) is 0 Å². The lowest BCUT2D eigenvalue weighted by molar-refractivity contribution is -0.915. The van der Waals surface area contributed by atoms with Gasteiger partial charge in [0.05, 0.1) is 243 Å². The summed E-state index contributed by atoms with van der Waals surface area (Å²) in [5.41, 5.74) is 0.220. The van der Waals surface area contributed by atoms with Crippen molar-refractivity contribution in [1.82, 2.24) is 5.32 Å².